The fourth-order valence-electron chi connectivity index (χ4n) is 2.24. The van der Waals surface area contributed by atoms with Crippen molar-refractivity contribution in [3.8, 4) is 0 Å². The molecule has 22 heavy (non-hydrogen) atoms. The van der Waals surface area contributed by atoms with Gasteiger partial charge in [-0.25, -0.2) is 4.98 Å². The van der Waals surface area contributed by atoms with Crippen molar-refractivity contribution in [3.63, 3.8) is 0 Å². The number of thiazole rings is 1. The Bertz CT molecular complexity index is 578. The Balaban J connectivity index is 1.71. The monoisotopic (exact) mass is 319 g/mol. The highest BCUT2D eigenvalue weighted by Gasteiger charge is 2.09. The van der Waals surface area contributed by atoms with E-state index in [4.69, 9.17) is 0 Å². The van der Waals surface area contributed by atoms with Gasteiger partial charge in [0.15, 0.2) is 0 Å². The minimum atomic E-state index is 0.108. The first-order chi connectivity index (χ1) is 10.6. The van der Waals surface area contributed by atoms with Crippen molar-refractivity contribution in [3.05, 3.63) is 29.3 Å². The number of rotatable bonds is 8. The van der Waals surface area contributed by atoms with Gasteiger partial charge in [-0.05, 0) is 32.5 Å². The number of hydrogen-bond acceptors (Lipinski definition) is 4. The van der Waals surface area contributed by atoms with Crippen molar-refractivity contribution in [1.29, 1.82) is 0 Å². The Kier molecular flexibility index (Phi) is 6.34. The van der Waals surface area contributed by atoms with Gasteiger partial charge in [-0.1, -0.05) is 19.1 Å². The van der Waals surface area contributed by atoms with E-state index in [0.29, 0.717) is 25.4 Å². The number of nitrogens with one attached hydrogen (secondary N) is 1. The largest absolute Gasteiger partial charge is 0.355 e. The van der Waals surface area contributed by atoms with Crippen LogP contribution in [0.3, 0.4) is 0 Å². The lowest BCUT2D eigenvalue weighted by Crippen LogP contribution is -2.37. The molecule has 1 atom stereocenters. The number of amides is 1. The number of nitrogens with zero attached hydrogens (tertiary/aromatic N) is 2. The highest BCUT2D eigenvalue weighted by atomic mass is 32.1. The molecule has 1 heterocycles. The summed E-state index contributed by atoms with van der Waals surface area (Å²) in [6.45, 7) is 5.98. The first kappa shape index (κ1) is 16.9. The molecule has 0 bridgehead atoms. The molecule has 0 fully saturated rings. The summed E-state index contributed by atoms with van der Waals surface area (Å²) in [6.07, 6.45) is 2.35. The van der Waals surface area contributed by atoms with Gasteiger partial charge in [0.05, 0.1) is 15.2 Å². The lowest BCUT2D eigenvalue weighted by atomic mass is 10.2. The molecule has 0 spiro atoms. The van der Waals surface area contributed by atoms with Crippen LogP contribution in [0.4, 0.5) is 0 Å². The second kappa shape index (κ2) is 8.25. The molecule has 1 amide bonds. The third kappa shape index (κ3) is 4.78. The minimum Gasteiger partial charge on any atom is -0.355 e. The molecule has 0 aliphatic rings. The van der Waals surface area contributed by atoms with Crippen molar-refractivity contribution in [1.82, 2.24) is 15.2 Å². The topological polar surface area (TPSA) is 45.2 Å². The maximum Gasteiger partial charge on any atom is 0.220 e. The minimum absolute atomic E-state index is 0.108. The Labute approximate surface area is 136 Å². The van der Waals surface area contributed by atoms with Crippen LogP contribution in [-0.2, 0) is 11.2 Å². The zero-order valence-corrected chi connectivity index (χ0v) is 14.4. The van der Waals surface area contributed by atoms with Crippen molar-refractivity contribution in [2.45, 2.75) is 39.2 Å². The summed E-state index contributed by atoms with van der Waals surface area (Å²) in [5.74, 6) is 0.108. The fraction of sp³-hybridized carbons (Fsp3) is 0.529. The number of hydrogen-bond donors (Lipinski definition) is 1. The van der Waals surface area contributed by atoms with Gasteiger partial charge in [-0.15, -0.1) is 11.3 Å². The van der Waals surface area contributed by atoms with Crippen LogP contribution >= 0.6 is 11.3 Å². The summed E-state index contributed by atoms with van der Waals surface area (Å²) in [5, 5.41) is 4.03. The van der Waals surface area contributed by atoms with Crippen molar-refractivity contribution < 1.29 is 4.79 Å². The van der Waals surface area contributed by atoms with Crippen LogP contribution < -0.4 is 5.32 Å². The maximum absolute atomic E-state index is 11.9. The molecule has 120 valence electrons. The van der Waals surface area contributed by atoms with E-state index in [1.807, 2.05) is 18.2 Å². The van der Waals surface area contributed by atoms with E-state index in [9.17, 15) is 4.79 Å². The van der Waals surface area contributed by atoms with Crippen LogP contribution in [0.1, 0.15) is 31.7 Å². The molecular formula is C17H25N3OS. The molecule has 4 nitrogen and oxygen atoms in total. The molecule has 0 aliphatic heterocycles. The van der Waals surface area contributed by atoms with E-state index >= 15 is 0 Å². The molecule has 0 aliphatic carbocycles. The third-order valence-corrected chi connectivity index (χ3v) is 5.13. The summed E-state index contributed by atoms with van der Waals surface area (Å²) < 4.78 is 1.19. The number of benzene rings is 1. The summed E-state index contributed by atoms with van der Waals surface area (Å²) in [6, 6.07) is 8.65. The molecule has 5 heteroatoms. The maximum atomic E-state index is 11.9. The SMILES string of the molecule is CC[C@@H](C)N(C)CCNC(=O)CCc1nc2ccccc2s1. The standard InChI is InChI=1S/C17H25N3OS/c1-4-13(2)20(3)12-11-18-16(21)9-10-17-19-14-7-5-6-8-15(14)22-17/h5-8,13H,4,9-12H2,1-3H3,(H,18,21)/t13-/m1/s1. The number of carbonyl (C=O) groups excluding carboxylic acids is 1. The van der Waals surface area contributed by atoms with Gasteiger partial charge >= 0.3 is 0 Å². The number of para-hydroxylation sites is 1. The average molecular weight is 319 g/mol. The Morgan fingerprint density at radius 1 is 1.41 bits per heavy atom. The molecule has 1 aromatic heterocycles. The molecule has 0 saturated heterocycles. The van der Waals surface area contributed by atoms with Crippen LogP contribution in [0.5, 0.6) is 0 Å². The van der Waals surface area contributed by atoms with Crippen LogP contribution in [0.25, 0.3) is 10.2 Å². The molecular weight excluding hydrogens is 294 g/mol. The van der Waals surface area contributed by atoms with Crippen LogP contribution in [0.2, 0.25) is 0 Å². The van der Waals surface area contributed by atoms with E-state index in [1.54, 1.807) is 11.3 Å². The zero-order valence-electron chi connectivity index (χ0n) is 13.6. The Hall–Kier alpha value is -1.46. The molecule has 0 unspecified atom stereocenters. The smallest absolute Gasteiger partial charge is 0.220 e. The quantitative estimate of drug-likeness (QED) is 0.813. The highest BCUT2D eigenvalue weighted by molar-refractivity contribution is 7.18. The Morgan fingerprint density at radius 2 is 2.18 bits per heavy atom. The summed E-state index contributed by atoms with van der Waals surface area (Å²) in [4.78, 5) is 18.7. The normalized spacial score (nSPS) is 12.7. The van der Waals surface area contributed by atoms with E-state index in [-0.39, 0.29) is 5.91 Å². The van der Waals surface area contributed by atoms with E-state index < -0.39 is 0 Å². The first-order valence-corrected chi connectivity index (χ1v) is 8.73. The number of fused-ring (bicyclic) bond motifs is 1. The van der Waals surface area contributed by atoms with E-state index in [2.05, 4.69) is 42.2 Å². The zero-order chi connectivity index (χ0) is 15.9. The lowest BCUT2D eigenvalue weighted by Gasteiger charge is -2.23. The number of aryl methyl sites for hydroxylation is 1. The van der Waals surface area contributed by atoms with Crippen molar-refractivity contribution >= 4 is 27.5 Å². The summed E-state index contributed by atoms with van der Waals surface area (Å²) in [7, 11) is 2.10. The summed E-state index contributed by atoms with van der Waals surface area (Å²) in [5.41, 5.74) is 1.03. The van der Waals surface area contributed by atoms with Gasteiger partial charge < -0.3 is 10.2 Å². The highest BCUT2D eigenvalue weighted by Crippen LogP contribution is 2.22. The van der Waals surface area contributed by atoms with Crippen molar-refractivity contribution in [2.24, 2.45) is 0 Å². The van der Waals surface area contributed by atoms with Crippen LogP contribution in [0, 0.1) is 0 Å². The molecule has 1 N–H and O–H groups in total. The number of likely N-dealkylation sites (N-methyl/N-ethyl adjacent to an activating group) is 1. The van der Waals surface area contributed by atoms with E-state index in [1.165, 1.54) is 4.70 Å². The van der Waals surface area contributed by atoms with Crippen molar-refractivity contribution in [2.75, 3.05) is 20.1 Å². The fourth-order valence-corrected chi connectivity index (χ4v) is 3.21. The molecule has 2 rings (SSSR count). The number of aromatic nitrogens is 1. The average Bonchev–Trinajstić information content (AvgIpc) is 2.94. The predicted octanol–water partition coefficient (Wildman–Crippen LogP) is 3.08. The van der Waals surface area contributed by atoms with Gasteiger partial charge in [0, 0.05) is 32.0 Å². The van der Waals surface area contributed by atoms with E-state index in [0.717, 1.165) is 23.5 Å². The molecule has 2 aromatic rings. The lowest BCUT2D eigenvalue weighted by molar-refractivity contribution is -0.121. The predicted molar refractivity (Wildman–Crippen MR) is 93.3 cm³/mol. The second-order valence-electron chi connectivity index (χ2n) is 5.66. The Morgan fingerprint density at radius 3 is 2.91 bits per heavy atom. The van der Waals surface area contributed by atoms with Gasteiger partial charge in [0.2, 0.25) is 5.91 Å². The summed E-state index contributed by atoms with van der Waals surface area (Å²) >= 11 is 1.68. The molecule has 0 saturated carbocycles. The van der Waals surface area contributed by atoms with Gasteiger partial charge in [-0.2, -0.15) is 0 Å². The second-order valence-corrected chi connectivity index (χ2v) is 6.78. The molecule has 0 radical (unpaired) electrons. The third-order valence-electron chi connectivity index (χ3n) is 4.03. The van der Waals surface area contributed by atoms with Crippen LogP contribution in [-0.4, -0.2) is 42.0 Å². The molecule has 1 aromatic carbocycles. The van der Waals surface area contributed by atoms with Crippen LogP contribution in [0.15, 0.2) is 24.3 Å². The van der Waals surface area contributed by atoms with Gasteiger partial charge in [0.1, 0.15) is 0 Å². The number of carbonyl (C=O) groups is 1. The first-order valence-electron chi connectivity index (χ1n) is 7.91. The van der Waals surface area contributed by atoms with Gasteiger partial charge in [0.25, 0.3) is 0 Å². The van der Waals surface area contributed by atoms with Gasteiger partial charge in [-0.3, -0.25) is 4.79 Å².